The molecule has 4 rings (SSSR count). The molecule has 0 radical (unpaired) electrons. The summed E-state index contributed by atoms with van der Waals surface area (Å²) in [4.78, 5) is 21.9. The molecule has 198 valence electrons. The predicted octanol–water partition coefficient (Wildman–Crippen LogP) is 3.26. The number of halogens is 1. The molecule has 4 aromatic rings. The third kappa shape index (κ3) is 6.15. The molecule has 10 heteroatoms. The Labute approximate surface area is 220 Å². The maximum Gasteiger partial charge on any atom is 0.349 e. The van der Waals surface area contributed by atoms with Crippen molar-refractivity contribution in [2.45, 2.75) is 25.7 Å². The van der Waals surface area contributed by atoms with Crippen LogP contribution in [0, 0.1) is 11.2 Å². The van der Waals surface area contributed by atoms with Crippen LogP contribution < -0.4 is 16.2 Å². The monoisotopic (exact) mass is 517 g/mol. The molecule has 9 nitrogen and oxygen atoms in total. The van der Waals surface area contributed by atoms with Crippen molar-refractivity contribution in [3.05, 3.63) is 105 Å². The summed E-state index contributed by atoms with van der Waals surface area (Å²) in [6.07, 6.45) is 2.59. The maximum absolute atomic E-state index is 16.0. The number of benzene rings is 2. The molecule has 0 aliphatic rings. The number of nitrogens with one attached hydrogen (secondary N) is 2. The Hall–Kier alpha value is -4.31. The Kier molecular flexibility index (Phi) is 8.32. The van der Waals surface area contributed by atoms with Gasteiger partial charge in [0.2, 0.25) is 0 Å². The molecule has 1 atom stereocenters. The molecule has 0 bridgehead atoms. The maximum atomic E-state index is 16.0. The molecule has 0 aliphatic carbocycles. The minimum Gasteiger partial charge on any atom is -0.489 e. The molecule has 0 aliphatic heterocycles. The molecule has 4 N–H and O–H groups in total. The van der Waals surface area contributed by atoms with E-state index >= 15 is 4.39 Å². The number of aromatic nitrogens is 4. The van der Waals surface area contributed by atoms with Gasteiger partial charge in [0, 0.05) is 23.9 Å². The molecule has 1 unspecified atom stereocenters. The first-order chi connectivity index (χ1) is 18.3. The van der Waals surface area contributed by atoms with E-state index in [2.05, 4.69) is 15.1 Å². The van der Waals surface area contributed by atoms with E-state index in [9.17, 15) is 4.79 Å². The molecule has 0 fully saturated rings. The Balaban J connectivity index is 1.80. The van der Waals surface area contributed by atoms with Gasteiger partial charge in [-0.05, 0) is 56.3 Å². The third-order valence-corrected chi connectivity index (χ3v) is 6.24. The lowest BCUT2D eigenvalue weighted by Crippen LogP contribution is -2.20. The second kappa shape index (κ2) is 11.8. The van der Waals surface area contributed by atoms with Crippen LogP contribution in [-0.2, 0) is 12.8 Å². The number of ether oxygens (including phenoxy) is 1. The normalized spacial score (nSPS) is 12.0. The minimum atomic E-state index is -0.626. The number of pyridine rings is 1. The summed E-state index contributed by atoms with van der Waals surface area (Å²) >= 11 is 0. The highest BCUT2D eigenvalue weighted by Gasteiger charge is 2.26. The van der Waals surface area contributed by atoms with Crippen molar-refractivity contribution in [1.29, 1.82) is 5.41 Å². The van der Waals surface area contributed by atoms with Crippen LogP contribution in [0.2, 0.25) is 0 Å². The number of nitrogens with two attached hydrogens (primary N) is 1. The molecule has 2 aromatic heterocycles. The van der Waals surface area contributed by atoms with Crippen molar-refractivity contribution in [3.8, 4) is 11.6 Å². The van der Waals surface area contributed by atoms with Crippen LogP contribution in [0.5, 0.6) is 5.75 Å². The van der Waals surface area contributed by atoms with Gasteiger partial charge in [-0.15, -0.1) is 5.10 Å². The van der Waals surface area contributed by atoms with E-state index in [1.807, 2.05) is 38.1 Å². The molecular weight excluding hydrogens is 485 g/mol. The summed E-state index contributed by atoms with van der Waals surface area (Å²) in [6.45, 7) is 2.96. The van der Waals surface area contributed by atoms with Crippen molar-refractivity contribution in [2.75, 3.05) is 27.2 Å². The van der Waals surface area contributed by atoms with Gasteiger partial charge in [-0.2, -0.15) is 4.68 Å². The standard InChI is InChI=1S/C28H32FN7O2/c1-4-18-15-21(25(29)23(17-18)38-14-13-35(2)3)22(16-19-8-10-20(11-9-19)26(30)31)27-33-28(37)36(34-27)24-7-5-6-12-32-24/h5-12,15,17,22H,4,13-14,16H2,1-3H3,(H3,30,31)(H,33,34,37). The number of aromatic amines is 1. The highest BCUT2D eigenvalue weighted by atomic mass is 19.1. The van der Waals surface area contributed by atoms with Crippen molar-refractivity contribution in [2.24, 2.45) is 5.73 Å². The van der Waals surface area contributed by atoms with Crippen LogP contribution in [0.15, 0.2) is 65.6 Å². The average Bonchev–Trinajstić information content (AvgIpc) is 3.30. The second-order valence-electron chi connectivity index (χ2n) is 9.28. The molecule has 38 heavy (non-hydrogen) atoms. The Morgan fingerprint density at radius 1 is 1.18 bits per heavy atom. The van der Waals surface area contributed by atoms with Crippen LogP contribution in [-0.4, -0.2) is 57.7 Å². The number of hydrogen-bond donors (Lipinski definition) is 3. The van der Waals surface area contributed by atoms with Gasteiger partial charge in [-0.3, -0.25) is 10.4 Å². The fraction of sp³-hybridized carbons (Fsp3) is 0.286. The zero-order valence-corrected chi connectivity index (χ0v) is 21.7. The van der Waals surface area contributed by atoms with Crippen LogP contribution in [0.25, 0.3) is 5.82 Å². The van der Waals surface area contributed by atoms with Crippen molar-refractivity contribution in [3.63, 3.8) is 0 Å². The van der Waals surface area contributed by atoms with Crippen LogP contribution in [0.1, 0.15) is 40.9 Å². The van der Waals surface area contributed by atoms with Crippen molar-refractivity contribution in [1.82, 2.24) is 24.6 Å². The van der Waals surface area contributed by atoms with Crippen molar-refractivity contribution < 1.29 is 9.13 Å². The summed E-state index contributed by atoms with van der Waals surface area (Å²) in [7, 11) is 3.85. The molecule has 0 saturated carbocycles. The van der Waals surface area contributed by atoms with E-state index in [0.717, 1.165) is 11.1 Å². The number of nitrogen functional groups attached to an aromatic ring is 1. The lowest BCUT2D eigenvalue weighted by Gasteiger charge is -2.20. The van der Waals surface area contributed by atoms with E-state index < -0.39 is 17.4 Å². The van der Waals surface area contributed by atoms with Crippen molar-refractivity contribution >= 4 is 5.84 Å². The zero-order valence-electron chi connectivity index (χ0n) is 21.7. The van der Waals surface area contributed by atoms with Gasteiger partial charge < -0.3 is 15.4 Å². The molecular formula is C28H32FN7O2. The SMILES string of the molecule is CCc1cc(OCCN(C)C)c(F)c(C(Cc2ccc(C(=N)N)cc2)c2nn(-c3ccccn3)c(=O)[nH]2)c1. The molecule has 2 aromatic carbocycles. The fourth-order valence-corrected chi connectivity index (χ4v) is 4.12. The Morgan fingerprint density at radius 3 is 2.58 bits per heavy atom. The minimum absolute atomic E-state index is 0.0345. The van der Waals surface area contributed by atoms with Gasteiger partial charge in [0.05, 0.1) is 5.92 Å². The number of nitrogens with zero attached hydrogens (tertiary/aromatic N) is 4. The summed E-state index contributed by atoms with van der Waals surface area (Å²) in [6, 6.07) is 15.9. The second-order valence-corrected chi connectivity index (χ2v) is 9.28. The first kappa shape index (κ1) is 26.7. The fourth-order valence-electron chi connectivity index (χ4n) is 4.12. The van der Waals surface area contributed by atoms with E-state index in [4.69, 9.17) is 15.9 Å². The number of H-pyrrole nitrogens is 1. The van der Waals surface area contributed by atoms with Gasteiger partial charge in [-0.1, -0.05) is 43.3 Å². The first-order valence-corrected chi connectivity index (χ1v) is 12.4. The van der Waals surface area contributed by atoms with Gasteiger partial charge in [0.1, 0.15) is 18.3 Å². The van der Waals surface area contributed by atoms with E-state index in [1.165, 1.54) is 4.68 Å². The van der Waals surface area contributed by atoms with E-state index in [-0.39, 0.29) is 11.6 Å². The number of rotatable bonds is 11. The lowest BCUT2D eigenvalue weighted by molar-refractivity contribution is 0.251. The van der Waals surface area contributed by atoms with Gasteiger partial charge in [0.25, 0.3) is 0 Å². The van der Waals surface area contributed by atoms with Crippen LogP contribution >= 0.6 is 0 Å². The van der Waals surface area contributed by atoms with Crippen LogP contribution in [0.3, 0.4) is 0 Å². The Bertz CT molecular complexity index is 1450. The smallest absolute Gasteiger partial charge is 0.349 e. The largest absolute Gasteiger partial charge is 0.489 e. The highest BCUT2D eigenvalue weighted by Crippen LogP contribution is 2.34. The number of likely N-dealkylation sites (N-methyl/N-ethyl adjacent to an activating group) is 1. The molecule has 0 spiro atoms. The van der Waals surface area contributed by atoms with E-state index in [1.54, 1.807) is 48.7 Å². The number of amidine groups is 1. The number of aryl methyl sites for hydroxylation is 1. The zero-order chi connectivity index (χ0) is 27.2. The lowest BCUT2D eigenvalue weighted by atomic mass is 9.89. The summed E-state index contributed by atoms with van der Waals surface area (Å²) in [5.41, 5.74) is 7.88. The number of hydrogen-bond acceptors (Lipinski definition) is 6. The average molecular weight is 518 g/mol. The van der Waals surface area contributed by atoms with Crippen LogP contribution in [0.4, 0.5) is 4.39 Å². The van der Waals surface area contributed by atoms with E-state index in [0.29, 0.717) is 48.8 Å². The van der Waals surface area contributed by atoms with Gasteiger partial charge in [0.15, 0.2) is 17.4 Å². The predicted molar refractivity (Wildman–Crippen MR) is 145 cm³/mol. The van der Waals surface area contributed by atoms with Gasteiger partial charge >= 0.3 is 5.69 Å². The topological polar surface area (TPSA) is 126 Å². The first-order valence-electron chi connectivity index (χ1n) is 12.4. The third-order valence-electron chi connectivity index (χ3n) is 6.24. The van der Waals surface area contributed by atoms with Gasteiger partial charge in [-0.25, -0.2) is 14.2 Å². The quantitative estimate of drug-likeness (QED) is 0.207. The molecule has 2 heterocycles. The highest BCUT2D eigenvalue weighted by molar-refractivity contribution is 5.94. The molecule has 0 amide bonds. The summed E-state index contributed by atoms with van der Waals surface area (Å²) in [5, 5.41) is 12.2. The summed E-state index contributed by atoms with van der Waals surface area (Å²) < 4.78 is 23.1. The molecule has 0 saturated heterocycles. The Morgan fingerprint density at radius 2 is 1.95 bits per heavy atom. The summed E-state index contributed by atoms with van der Waals surface area (Å²) in [5.74, 6) is -0.307.